The third-order valence-corrected chi connectivity index (χ3v) is 3.14. The van der Waals surface area contributed by atoms with Gasteiger partial charge in [-0.3, -0.25) is 14.5 Å². The summed E-state index contributed by atoms with van der Waals surface area (Å²) in [6.45, 7) is 0.879. The van der Waals surface area contributed by atoms with Crippen molar-refractivity contribution in [3.63, 3.8) is 0 Å². The molecule has 0 aromatic heterocycles. The fourth-order valence-corrected chi connectivity index (χ4v) is 2.46. The van der Waals surface area contributed by atoms with E-state index in [-0.39, 0.29) is 5.92 Å². The Morgan fingerprint density at radius 2 is 2.00 bits per heavy atom. The van der Waals surface area contributed by atoms with Crippen LogP contribution in [0.4, 0.5) is 0 Å². The van der Waals surface area contributed by atoms with E-state index < -0.39 is 23.9 Å². The molecule has 2 N–H and O–H groups in total. The lowest BCUT2D eigenvalue weighted by Crippen LogP contribution is -2.55. The Hall–Kier alpha value is -1.36. The van der Waals surface area contributed by atoms with Gasteiger partial charge < -0.3 is 10.2 Å². The summed E-state index contributed by atoms with van der Waals surface area (Å²) < 4.78 is 0. The molecule has 4 atom stereocenters. The molecule has 2 bridgehead atoms. The van der Waals surface area contributed by atoms with E-state index in [4.69, 9.17) is 10.2 Å². The van der Waals surface area contributed by atoms with E-state index >= 15 is 0 Å². The van der Waals surface area contributed by atoms with Gasteiger partial charge in [-0.1, -0.05) is 12.2 Å². The van der Waals surface area contributed by atoms with Crippen LogP contribution in [0.15, 0.2) is 12.2 Å². The van der Waals surface area contributed by atoms with E-state index in [1.54, 1.807) is 4.90 Å². The first-order chi connectivity index (χ1) is 7.09. The second-order valence-electron chi connectivity index (χ2n) is 4.10. The number of carboxylic acids is 2. The first-order valence-corrected chi connectivity index (χ1v) is 4.96. The van der Waals surface area contributed by atoms with Gasteiger partial charge in [0.05, 0.1) is 5.92 Å². The van der Waals surface area contributed by atoms with Crippen LogP contribution in [0.5, 0.6) is 0 Å². The lowest BCUT2D eigenvalue weighted by atomic mass is 9.81. The Morgan fingerprint density at radius 1 is 1.27 bits per heavy atom. The molecule has 15 heavy (non-hydrogen) atoms. The van der Waals surface area contributed by atoms with Crippen LogP contribution in [0, 0.1) is 11.8 Å². The third kappa shape index (κ3) is 1.74. The van der Waals surface area contributed by atoms with Crippen molar-refractivity contribution in [1.29, 1.82) is 0 Å². The second-order valence-corrected chi connectivity index (χ2v) is 4.10. The van der Waals surface area contributed by atoms with Gasteiger partial charge in [-0.15, -0.1) is 0 Å². The quantitative estimate of drug-likeness (QED) is 0.630. The molecule has 0 radical (unpaired) electrons. The van der Waals surface area contributed by atoms with Crippen LogP contribution in [-0.4, -0.2) is 46.2 Å². The summed E-state index contributed by atoms with van der Waals surface area (Å²) in [6.07, 6.45) is 4.19. The van der Waals surface area contributed by atoms with Gasteiger partial charge in [0.2, 0.25) is 0 Å². The fraction of sp³-hybridized carbons (Fsp3) is 0.600. The minimum Gasteiger partial charge on any atom is -0.481 e. The molecular formula is C10H13NO4. The maximum Gasteiger partial charge on any atom is 0.321 e. The predicted molar refractivity (Wildman–Crippen MR) is 51.4 cm³/mol. The first kappa shape index (κ1) is 10.2. The maximum absolute atomic E-state index is 11.0. The monoisotopic (exact) mass is 211 g/mol. The highest BCUT2D eigenvalue weighted by molar-refractivity contribution is 5.76. The van der Waals surface area contributed by atoms with E-state index in [9.17, 15) is 9.59 Å². The van der Waals surface area contributed by atoms with E-state index in [0.29, 0.717) is 19.5 Å². The molecule has 1 fully saturated rings. The minimum absolute atomic E-state index is 0.161. The Morgan fingerprint density at radius 3 is 2.53 bits per heavy atom. The van der Waals surface area contributed by atoms with Crippen LogP contribution in [0.1, 0.15) is 6.42 Å². The normalized spacial score (nSPS) is 38.7. The summed E-state index contributed by atoms with van der Waals surface area (Å²) >= 11 is 0. The van der Waals surface area contributed by atoms with Crippen LogP contribution in [0.25, 0.3) is 0 Å². The molecule has 2 rings (SSSR count). The number of carbonyl (C=O) groups is 2. The van der Waals surface area contributed by atoms with Gasteiger partial charge in [0, 0.05) is 19.0 Å². The molecule has 5 heteroatoms. The molecule has 5 nitrogen and oxygen atoms in total. The summed E-state index contributed by atoms with van der Waals surface area (Å²) in [5.41, 5.74) is 0. The topological polar surface area (TPSA) is 77.8 Å². The molecule has 2 aliphatic heterocycles. The first-order valence-electron chi connectivity index (χ1n) is 4.96. The molecule has 2 aliphatic rings. The average molecular weight is 211 g/mol. The van der Waals surface area contributed by atoms with Crippen molar-refractivity contribution >= 4 is 11.9 Å². The second kappa shape index (κ2) is 3.66. The number of hydrogen-bond donors (Lipinski definition) is 2. The van der Waals surface area contributed by atoms with E-state index in [0.717, 1.165) is 0 Å². The molecule has 0 saturated carbocycles. The van der Waals surface area contributed by atoms with Crippen LogP contribution in [0.2, 0.25) is 0 Å². The van der Waals surface area contributed by atoms with Gasteiger partial charge in [0.1, 0.15) is 6.04 Å². The summed E-state index contributed by atoms with van der Waals surface area (Å²) in [6, 6.07) is -0.536. The highest BCUT2D eigenvalue weighted by Gasteiger charge is 2.42. The molecule has 1 saturated heterocycles. The maximum atomic E-state index is 11.0. The van der Waals surface area contributed by atoms with Crippen molar-refractivity contribution in [3.05, 3.63) is 12.2 Å². The van der Waals surface area contributed by atoms with Gasteiger partial charge in [-0.2, -0.15) is 0 Å². The third-order valence-electron chi connectivity index (χ3n) is 3.14. The number of carboxylic acid groups (broad SMARTS) is 2. The van der Waals surface area contributed by atoms with Gasteiger partial charge in [0.25, 0.3) is 0 Å². The molecule has 0 aliphatic carbocycles. The zero-order chi connectivity index (χ0) is 11.0. The van der Waals surface area contributed by atoms with Crippen molar-refractivity contribution in [2.24, 2.45) is 11.8 Å². The highest BCUT2D eigenvalue weighted by atomic mass is 16.4. The Balaban J connectivity index is 2.20. The molecule has 2 heterocycles. The molecule has 0 aromatic carbocycles. The van der Waals surface area contributed by atoms with Crippen molar-refractivity contribution in [3.8, 4) is 0 Å². The van der Waals surface area contributed by atoms with Crippen molar-refractivity contribution in [1.82, 2.24) is 4.90 Å². The molecule has 4 unspecified atom stereocenters. The lowest BCUT2D eigenvalue weighted by molar-refractivity contribution is -0.153. The minimum atomic E-state index is -0.854. The van der Waals surface area contributed by atoms with Gasteiger partial charge in [-0.05, 0) is 6.42 Å². The zero-order valence-corrected chi connectivity index (χ0v) is 8.17. The summed E-state index contributed by atoms with van der Waals surface area (Å²) in [4.78, 5) is 23.6. The fourth-order valence-electron chi connectivity index (χ4n) is 2.46. The smallest absolute Gasteiger partial charge is 0.321 e. The molecule has 0 aromatic rings. The van der Waals surface area contributed by atoms with Gasteiger partial charge in [-0.25, -0.2) is 0 Å². The van der Waals surface area contributed by atoms with E-state index in [1.807, 2.05) is 12.2 Å². The number of hydrogen-bond acceptors (Lipinski definition) is 3. The van der Waals surface area contributed by atoms with Crippen LogP contribution in [-0.2, 0) is 9.59 Å². The van der Waals surface area contributed by atoms with Crippen LogP contribution in [0.3, 0.4) is 0 Å². The highest BCUT2D eigenvalue weighted by Crippen LogP contribution is 2.31. The molecular weight excluding hydrogens is 198 g/mol. The lowest BCUT2D eigenvalue weighted by Gasteiger charge is -2.42. The summed E-state index contributed by atoms with van der Waals surface area (Å²) in [5, 5.41) is 18.0. The Bertz CT molecular complexity index is 325. The number of piperidine rings is 1. The zero-order valence-electron chi connectivity index (χ0n) is 8.17. The van der Waals surface area contributed by atoms with E-state index in [2.05, 4.69) is 0 Å². The Kier molecular flexibility index (Phi) is 2.48. The molecule has 0 amide bonds. The van der Waals surface area contributed by atoms with Crippen molar-refractivity contribution in [2.75, 3.05) is 13.1 Å². The van der Waals surface area contributed by atoms with Crippen molar-refractivity contribution < 1.29 is 19.8 Å². The summed E-state index contributed by atoms with van der Waals surface area (Å²) in [7, 11) is 0. The number of aliphatic carboxylic acids is 2. The number of rotatable bonds is 2. The number of fused-ring (bicyclic) bond motifs is 2. The van der Waals surface area contributed by atoms with Crippen molar-refractivity contribution in [2.45, 2.75) is 12.5 Å². The van der Waals surface area contributed by atoms with Gasteiger partial charge >= 0.3 is 11.9 Å². The summed E-state index contributed by atoms with van der Waals surface area (Å²) in [5.74, 6) is -2.28. The average Bonchev–Trinajstić information content (AvgIpc) is 2.15. The SMILES string of the molecule is O=C(O)C1CC2C=CCN(C1)C2C(=O)O. The predicted octanol–water partition coefficient (Wildman–Crippen LogP) is 0.0321. The van der Waals surface area contributed by atoms with Gasteiger partial charge in [0.15, 0.2) is 0 Å². The number of nitrogens with zero attached hydrogens (tertiary/aromatic N) is 1. The van der Waals surface area contributed by atoms with Crippen LogP contribution < -0.4 is 0 Å². The van der Waals surface area contributed by atoms with Crippen LogP contribution >= 0.6 is 0 Å². The molecule has 82 valence electrons. The van der Waals surface area contributed by atoms with E-state index in [1.165, 1.54) is 0 Å². The standard InChI is InChI=1S/C10H13NO4/c12-9(13)7-4-6-2-1-3-11(5-7)8(6)10(14)15/h1-2,6-8H,3-5H2,(H,12,13)(H,14,15). The Labute approximate surface area is 87.0 Å². The molecule has 0 spiro atoms. The largest absolute Gasteiger partial charge is 0.481 e.